The molecule has 1 atom stereocenters. The van der Waals surface area contributed by atoms with Crippen LogP contribution in [0.5, 0.6) is 0 Å². The van der Waals surface area contributed by atoms with Gasteiger partial charge in [0, 0.05) is 11.3 Å². The maximum absolute atomic E-state index is 10.5. The summed E-state index contributed by atoms with van der Waals surface area (Å²) in [4.78, 5) is 10.5. The van der Waals surface area contributed by atoms with Crippen LogP contribution >= 0.6 is 0 Å². The summed E-state index contributed by atoms with van der Waals surface area (Å²) in [6.07, 6.45) is -1.54. The van der Waals surface area contributed by atoms with Crippen molar-refractivity contribution in [3.63, 3.8) is 0 Å². The molecule has 0 aliphatic heterocycles. The van der Waals surface area contributed by atoms with Gasteiger partial charge in [0.2, 0.25) is 0 Å². The summed E-state index contributed by atoms with van der Waals surface area (Å²) in [7, 11) is 0. The quantitative estimate of drug-likeness (QED) is 0.586. The van der Waals surface area contributed by atoms with E-state index < -0.39 is 12.1 Å². The third-order valence-corrected chi connectivity index (χ3v) is 1.89. The first kappa shape index (κ1) is 9.54. The number of para-hydroxylation sites is 1. The number of carboxylic acids is 1. The standard InChI is InChI=1S/C9H11NO3/c1-5-3-2-4-6(7(5)10)8(11)9(12)13/h2-4,8,11H,10H2,1H3,(H,12,13). The third-order valence-electron chi connectivity index (χ3n) is 1.89. The fraction of sp³-hybridized carbons (Fsp3) is 0.222. The molecule has 70 valence electrons. The molecule has 0 aromatic heterocycles. The molecule has 0 aliphatic rings. The number of hydrogen-bond acceptors (Lipinski definition) is 3. The van der Waals surface area contributed by atoms with Gasteiger partial charge in [0.05, 0.1) is 0 Å². The lowest BCUT2D eigenvalue weighted by atomic mass is 10.0. The molecule has 0 heterocycles. The van der Waals surface area contributed by atoms with Crippen LogP contribution in [0.2, 0.25) is 0 Å². The Balaban J connectivity index is 3.15. The first-order chi connectivity index (χ1) is 6.04. The Morgan fingerprint density at radius 3 is 2.69 bits per heavy atom. The van der Waals surface area contributed by atoms with Gasteiger partial charge in [-0.1, -0.05) is 18.2 Å². The number of rotatable bonds is 2. The summed E-state index contributed by atoms with van der Waals surface area (Å²) >= 11 is 0. The van der Waals surface area contributed by atoms with Crippen molar-refractivity contribution in [2.45, 2.75) is 13.0 Å². The van der Waals surface area contributed by atoms with Gasteiger partial charge in [0.15, 0.2) is 6.10 Å². The van der Waals surface area contributed by atoms with Crippen molar-refractivity contribution in [1.29, 1.82) is 0 Å². The molecule has 0 aliphatic carbocycles. The zero-order valence-corrected chi connectivity index (χ0v) is 7.19. The monoisotopic (exact) mass is 181 g/mol. The number of aliphatic hydroxyl groups excluding tert-OH is 1. The van der Waals surface area contributed by atoms with Gasteiger partial charge in [0.25, 0.3) is 0 Å². The number of nitrogen functional groups attached to an aromatic ring is 1. The van der Waals surface area contributed by atoms with Crippen molar-refractivity contribution in [1.82, 2.24) is 0 Å². The molecule has 0 radical (unpaired) electrons. The van der Waals surface area contributed by atoms with Gasteiger partial charge in [-0.25, -0.2) is 4.79 Å². The molecule has 1 aromatic rings. The van der Waals surface area contributed by atoms with Crippen LogP contribution in [0.1, 0.15) is 17.2 Å². The molecule has 1 unspecified atom stereocenters. The first-order valence-electron chi connectivity index (χ1n) is 3.80. The van der Waals surface area contributed by atoms with E-state index >= 15 is 0 Å². The highest BCUT2D eigenvalue weighted by Gasteiger charge is 2.18. The van der Waals surface area contributed by atoms with Crippen molar-refractivity contribution in [2.75, 3.05) is 5.73 Å². The SMILES string of the molecule is Cc1cccc(C(O)C(=O)O)c1N. The number of carbonyl (C=O) groups is 1. The predicted octanol–water partition coefficient (Wildman–Crippen LogP) is 0.695. The number of hydrogen-bond donors (Lipinski definition) is 3. The Kier molecular flexibility index (Phi) is 2.53. The fourth-order valence-electron chi connectivity index (χ4n) is 1.07. The van der Waals surface area contributed by atoms with Crippen molar-refractivity contribution in [3.05, 3.63) is 29.3 Å². The minimum absolute atomic E-state index is 0.243. The Morgan fingerprint density at radius 1 is 1.54 bits per heavy atom. The van der Waals surface area contributed by atoms with E-state index in [1.807, 2.05) is 0 Å². The van der Waals surface area contributed by atoms with Gasteiger partial charge >= 0.3 is 5.97 Å². The van der Waals surface area contributed by atoms with Gasteiger partial charge < -0.3 is 15.9 Å². The van der Waals surface area contributed by atoms with Crippen molar-refractivity contribution in [2.24, 2.45) is 0 Å². The van der Waals surface area contributed by atoms with E-state index in [0.29, 0.717) is 5.69 Å². The Bertz CT molecular complexity index is 336. The molecule has 0 spiro atoms. The summed E-state index contributed by atoms with van der Waals surface area (Å²) in [5.74, 6) is -1.29. The van der Waals surface area contributed by atoms with E-state index in [9.17, 15) is 9.90 Å². The van der Waals surface area contributed by atoms with Crippen molar-refractivity contribution < 1.29 is 15.0 Å². The molecule has 1 rings (SSSR count). The highest BCUT2D eigenvalue weighted by molar-refractivity contribution is 5.77. The smallest absolute Gasteiger partial charge is 0.337 e. The maximum atomic E-state index is 10.5. The van der Waals surface area contributed by atoms with E-state index in [2.05, 4.69) is 0 Å². The van der Waals surface area contributed by atoms with Crippen LogP contribution in [0.3, 0.4) is 0 Å². The fourth-order valence-corrected chi connectivity index (χ4v) is 1.07. The molecule has 0 saturated carbocycles. The number of aryl methyl sites for hydroxylation is 1. The van der Waals surface area contributed by atoms with Crippen molar-refractivity contribution >= 4 is 11.7 Å². The number of anilines is 1. The zero-order valence-electron chi connectivity index (χ0n) is 7.19. The lowest BCUT2D eigenvalue weighted by Crippen LogP contribution is -2.12. The molecule has 0 amide bonds. The number of benzene rings is 1. The number of nitrogens with two attached hydrogens (primary N) is 1. The second-order valence-electron chi connectivity index (χ2n) is 2.82. The van der Waals surface area contributed by atoms with Crippen LogP contribution < -0.4 is 5.73 Å². The normalized spacial score (nSPS) is 12.5. The minimum atomic E-state index is -1.54. The van der Waals surface area contributed by atoms with Crippen LogP contribution in [0.15, 0.2) is 18.2 Å². The summed E-state index contributed by atoms with van der Waals surface area (Å²) in [6.45, 7) is 1.76. The zero-order chi connectivity index (χ0) is 10.0. The second-order valence-corrected chi connectivity index (χ2v) is 2.82. The molecular weight excluding hydrogens is 170 g/mol. The van der Waals surface area contributed by atoms with Crippen LogP contribution in [-0.2, 0) is 4.79 Å². The van der Waals surface area contributed by atoms with Crippen molar-refractivity contribution in [3.8, 4) is 0 Å². The van der Waals surface area contributed by atoms with E-state index in [1.165, 1.54) is 6.07 Å². The third kappa shape index (κ3) is 1.78. The molecule has 0 fully saturated rings. The Labute approximate surface area is 75.6 Å². The molecule has 0 saturated heterocycles. The largest absolute Gasteiger partial charge is 0.479 e. The second kappa shape index (κ2) is 3.45. The van der Waals surface area contributed by atoms with Crippen LogP contribution in [0.25, 0.3) is 0 Å². The summed E-state index contributed by atoms with van der Waals surface area (Å²) in [5, 5.41) is 17.8. The summed E-state index contributed by atoms with van der Waals surface area (Å²) in [5.41, 5.74) is 6.93. The lowest BCUT2D eigenvalue weighted by Gasteiger charge is -2.10. The van der Waals surface area contributed by atoms with Gasteiger partial charge in [-0.2, -0.15) is 0 Å². The summed E-state index contributed by atoms with van der Waals surface area (Å²) < 4.78 is 0. The molecule has 4 heteroatoms. The minimum Gasteiger partial charge on any atom is -0.479 e. The Morgan fingerprint density at radius 2 is 2.15 bits per heavy atom. The van der Waals surface area contributed by atoms with E-state index in [0.717, 1.165) is 5.56 Å². The van der Waals surface area contributed by atoms with Gasteiger partial charge in [0.1, 0.15) is 0 Å². The number of aliphatic hydroxyl groups is 1. The molecule has 0 bridgehead atoms. The maximum Gasteiger partial charge on any atom is 0.337 e. The van der Waals surface area contributed by atoms with E-state index in [4.69, 9.17) is 10.8 Å². The highest BCUT2D eigenvalue weighted by Crippen LogP contribution is 2.23. The van der Waals surface area contributed by atoms with Gasteiger partial charge in [-0.05, 0) is 12.5 Å². The molecule has 1 aromatic carbocycles. The summed E-state index contributed by atoms with van der Waals surface area (Å²) in [6, 6.07) is 4.92. The van der Waals surface area contributed by atoms with Crippen LogP contribution in [-0.4, -0.2) is 16.2 Å². The van der Waals surface area contributed by atoms with E-state index in [1.54, 1.807) is 19.1 Å². The Hall–Kier alpha value is -1.55. The molecule has 4 nitrogen and oxygen atoms in total. The average molecular weight is 181 g/mol. The number of aliphatic carboxylic acids is 1. The number of carboxylic acid groups (broad SMARTS) is 1. The van der Waals surface area contributed by atoms with Gasteiger partial charge in [-0.3, -0.25) is 0 Å². The molecule has 4 N–H and O–H groups in total. The van der Waals surface area contributed by atoms with Crippen LogP contribution in [0.4, 0.5) is 5.69 Å². The molecule has 13 heavy (non-hydrogen) atoms. The predicted molar refractivity (Wildman–Crippen MR) is 48.2 cm³/mol. The topological polar surface area (TPSA) is 83.5 Å². The van der Waals surface area contributed by atoms with E-state index in [-0.39, 0.29) is 5.56 Å². The first-order valence-corrected chi connectivity index (χ1v) is 3.80. The van der Waals surface area contributed by atoms with Gasteiger partial charge in [-0.15, -0.1) is 0 Å². The van der Waals surface area contributed by atoms with Crippen LogP contribution in [0, 0.1) is 6.92 Å². The average Bonchev–Trinajstić information content (AvgIpc) is 2.08. The lowest BCUT2D eigenvalue weighted by molar-refractivity contribution is -0.146. The molecular formula is C9H11NO3. The highest BCUT2D eigenvalue weighted by atomic mass is 16.4.